The second-order valence-corrected chi connectivity index (χ2v) is 9.27. The van der Waals surface area contributed by atoms with Gasteiger partial charge in [0.25, 0.3) is 5.91 Å². The first-order valence-corrected chi connectivity index (χ1v) is 11.7. The van der Waals surface area contributed by atoms with Gasteiger partial charge in [-0.2, -0.15) is 0 Å². The Bertz CT molecular complexity index is 1280. The van der Waals surface area contributed by atoms with Crippen molar-refractivity contribution >= 4 is 32.9 Å². The van der Waals surface area contributed by atoms with Crippen LogP contribution in [0.15, 0.2) is 41.3 Å². The molecule has 0 atom stereocenters. The molecular weight excluding hydrogens is 430 g/mol. The lowest BCUT2D eigenvalue weighted by atomic mass is 10.1. The molecule has 1 aromatic heterocycles. The number of amides is 2. The molecule has 32 heavy (non-hydrogen) atoms. The summed E-state index contributed by atoms with van der Waals surface area (Å²) in [6.45, 7) is 8.32. The first-order chi connectivity index (χ1) is 15.1. The zero-order valence-corrected chi connectivity index (χ0v) is 19.3. The van der Waals surface area contributed by atoms with Crippen molar-refractivity contribution in [2.45, 2.75) is 45.6 Å². The summed E-state index contributed by atoms with van der Waals surface area (Å²) in [5.41, 5.74) is 8.48. The summed E-state index contributed by atoms with van der Waals surface area (Å²) in [6, 6.07) is 9.98. The number of aromatic nitrogens is 2. The maximum absolute atomic E-state index is 12.4. The topological polar surface area (TPSA) is 122 Å². The van der Waals surface area contributed by atoms with Crippen LogP contribution >= 0.6 is 0 Å². The number of carbonyl (C=O) groups is 2. The van der Waals surface area contributed by atoms with Crippen LogP contribution < -0.4 is 15.6 Å². The van der Waals surface area contributed by atoms with Gasteiger partial charge in [0.15, 0.2) is 0 Å². The predicted octanol–water partition coefficient (Wildman–Crippen LogP) is 2.11. The highest BCUT2D eigenvalue weighted by Gasteiger charge is 2.16. The highest BCUT2D eigenvalue weighted by Crippen LogP contribution is 2.18. The molecule has 0 radical (unpaired) electrons. The number of hydrogen-bond acceptors (Lipinski definition) is 5. The van der Waals surface area contributed by atoms with E-state index in [0.29, 0.717) is 11.1 Å². The Kier molecular flexibility index (Phi) is 6.95. The van der Waals surface area contributed by atoms with E-state index in [1.165, 1.54) is 6.07 Å². The van der Waals surface area contributed by atoms with Gasteiger partial charge in [0.2, 0.25) is 15.9 Å². The number of carbonyl (C=O) groups excluding carboxylic acids is 2. The molecule has 0 aliphatic carbocycles. The Hall–Kier alpha value is -3.24. The van der Waals surface area contributed by atoms with E-state index in [1.807, 2.05) is 38.3 Å². The standard InChI is InChI=1S/C22H27N5O4S/c1-5-27-16(4)24-19-13-17(7-9-20(19)27)22(29)26-25-21(28)10-11-23-32(30,31)18-8-6-14(2)15(3)12-18/h6-9,12-13,23H,5,10-11H2,1-4H3,(H,25,28)(H,26,29). The van der Waals surface area contributed by atoms with Gasteiger partial charge in [0, 0.05) is 25.1 Å². The molecule has 0 aliphatic rings. The largest absolute Gasteiger partial charge is 0.329 e. The molecule has 170 valence electrons. The number of nitrogens with zero attached hydrogens (tertiary/aromatic N) is 2. The van der Waals surface area contributed by atoms with Crippen LogP contribution in [-0.2, 0) is 21.4 Å². The molecule has 3 N–H and O–H groups in total. The fraction of sp³-hybridized carbons (Fsp3) is 0.318. The van der Waals surface area contributed by atoms with Crippen LogP contribution in [0.25, 0.3) is 11.0 Å². The number of nitrogens with one attached hydrogen (secondary N) is 3. The lowest BCUT2D eigenvalue weighted by Gasteiger charge is -2.10. The minimum atomic E-state index is -3.72. The zero-order valence-electron chi connectivity index (χ0n) is 18.5. The molecule has 0 saturated carbocycles. The monoisotopic (exact) mass is 457 g/mol. The summed E-state index contributed by atoms with van der Waals surface area (Å²) in [5.74, 6) is -0.149. The van der Waals surface area contributed by atoms with Gasteiger partial charge in [-0.15, -0.1) is 0 Å². The lowest BCUT2D eigenvalue weighted by Crippen LogP contribution is -2.42. The summed E-state index contributed by atoms with van der Waals surface area (Å²) in [5, 5.41) is 0. The molecule has 0 spiro atoms. The van der Waals surface area contributed by atoms with E-state index in [4.69, 9.17) is 0 Å². The summed E-state index contributed by atoms with van der Waals surface area (Å²) in [4.78, 5) is 29.0. The third kappa shape index (κ3) is 5.14. The minimum Gasteiger partial charge on any atom is -0.329 e. The van der Waals surface area contributed by atoms with E-state index < -0.39 is 21.8 Å². The Morgan fingerprint density at radius 3 is 2.44 bits per heavy atom. The van der Waals surface area contributed by atoms with Crippen molar-refractivity contribution in [3.63, 3.8) is 0 Å². The van der Waals surface area contributed by atoms with Crippen LogP contribution in [0.4, 0.5) is 0 Å². The van der Waals surface area contributed by atoms with Gasteiger partial charge in [-0.05, 0) is 69.2 Å². The first-order valence-electron chi connectivity index (χ1n) is 10.3. The Balaban J connectivity index is 1.51. The third-order valence-electron chi connectivity index (χ3n) is 5.27. The fourth-order valence-electron chi connectivity index (χ4n) is 3.32. The molecule has 0 aliphatic heterocycles. The smallest absolute Gasteiger partial charge is 0.269 e. The zero-order chi connectivity index (χ0) is 23.5. The van der Waals surface area contributed by atoms with E-state index >= 15 is 0 Å². The molecule has 0 fully saturated rings. The van der Waals surface area contributed by atoms with Gasteiger partial charge in [-0.1, -0.05) is 6.07 Å². The van der Waals surface area contributed by atoms with E-state index in [1.54, 1.807) is 24.3 Å². The van der Waals surface area contributed by atoms with Crippen molar-refractivity contribution in [1.82, 2.24) is 25.1 Å². The second-order valence-electron chi connectivity index (χ2n) is 7.50. The molecule has 1 heterocycles. The van der Waals surface area contributed by atoms with Gasteiger partial charge in [0.05, 0.1) is 15.9 Å². The summed E-state index contributed by atoms with van der Waals surface area (Å²) < 4.78 is 29.2. The fourth-order valence-corrected chi connectivity index (χ4v) is 4.43. The molecule has 0 bridgehead atoms. The third-order valence-corrected chi connectivity index (χ3v) is 6.72. The van der Waals surface area contributed by atoms with Gasteiger partial charge in [-0.25, -0.2) is 18.1 Å². The van der Waals surface area contributed by atoms with Gasteiger partial charge < -0.3 is 4.57 Å². The quantitative estimate of drug-likeness (QED) is 0.469. The average Bonchev–Trinajstić information content (AvgIpc) is 3.07. The normalized spacial score (nSPS) is 11.5. The lowest BCUT2D eigenvalue weighted by molar-refractivity contribution is -0.121. The van der Waals surface area contributed by atoms with Crippen LogP contribution in [0.2, 0.25) is 0 Å². The predicted molar refractivity (Wildman–Crippen MR) is 121 cm³/mol. The number of sulfonamides is 1. The molecule has 3 aromatic rings. The van der Waals surface area contributed by atoms with Crippen LogP contribution in [0, 0.1) is 20.8 Å². The van der Waals surface area contributed by atoms with E-state index in [9.17, 15) is 18.0 Å². The summed E-state index contributed by atoms with van der Waals surface area (Å²) in [7, 11) is -3.72. The first kappa shape index (κ1) is 23.4. The molecule has 9 nitrogen and oxygen atoms in total. The maximum Gasteiger partial charge on any atom is 0.269 e. The Labute approximate surface area is 187 Å². The molecule has 0 saturated heterocycles. The molecule has 10 heteroatoms. The summed E-state index contributed by atoms with van der Waals surface area (Å²) in [6.07, 6.45) is -0.135. The number of fused-ring (bicyclic) bond motifs is 1. The highest BCUT2D eigenvalue weighted by atomic mass is 32.2. The Morgan fingerprint density at radius 2 is 1.75 bits per heavy atom. The SMILES string of the molecule is CCn1c(C)nc2cc(C(=O)NNC(=O)CCNS(=O)(=O)c3ccc(C)c(C)c3)ccc21. The number of hydrazine groups is 1. The van der Waals surface area contributed by atoms with E-state index in [-0.39, 0.29) is 17.9 Å². The van der Waals surface area contributed by atoms with Crippen LogP contribution in [0.1, 0.15) is 40.7 Å². The van der Waals surface area contributed by atoms with Crippen LogP contribution in [0.3, 0.4) is 0 Å². The van der Waals surface area contributed by atoms with Crippen molar-refractivity contribution in [1.29, 1.82) is 0 Å². The van der Waals surface area contributed by atoms with Crippen molar-refractivity contribution in [3.8, 4) is 0 Å². The number of aryl methyl sites for hydroxylation is 4. The van der Waals surface area contributed by atoms with Crippen molar-refractivity contribution < 1.29 is 18.0 Å². The molecule has 3 rings (SSSR count). The number of benzene rings is 2. The van der Waals surface area contributed by atoms with Crippen LogP contribution in [0.5, 0.6) is 0 Å². The Morgan fingerprint density at radius 1 is 1.00 bits per heavy atom. The average molecular weight is 458 g/mol. The van der Waals surface area contributed by atoms with E-state index in [0.717, 1.165) is 29.0 Å². The molecule has 2 amide bonds. The van der Waals surface area contributed by atoms with Crippen molar-refractivity contribution in [2.24, 2.45) is 0 Å². The van der Waals surface area contributed by atoms with Gasteiger partial charge in [-0.3, -0.25) is 20.4 Å². The highest BCUT2D eigenvalue weighted by molar-refractivity contribution is 7.89. The van der Waals surface area contributed by atoms with Crippen LogP contribution in [-0.4, -0.2) is 36.3 Å². The number of imidazole rings is 1. The van der Waals surface area contributed by atoms with Crippen molar-refractivity contribution in [2.75, 3.05) is 6.54 Å². The number of rotatable bonds is 7. The molecule has 2 aromatic carbocycles. The molecular formula is C22H27N5O4S. The van der Waals surface area contributed by atoms with Gasteiger partial charge >= 0.3 is 0 Å². The molecule has 0 unspecified atom stereocenters. The summed E-state index contributed by atoms with van der Waals surface area (Å²) >= 11 is 0. The second kappa shape index (κ2) is 9.49. The van der Waals surface area contributed by atoms with Crippen molar-refractivity contribution in [3.05, 3.63) is 58.9 Å². The minimum absolute atomic E-state index is 0.101. The van der Waals surface area contributed by atoms with Gasteiger partial charge in [0.1, 0.15) is 5.82 Å². The maximum atomic E-state index is 12.4. The number of hydrogen-bond donors (Lipinski definition) is 3. The van der Waals surface area contributed by atoms with E-state index in [2.05, 4.69) is 20.6 Å².